The summed E-state index contributed by atoms with van der Waals surface area (Å²) in [6.07, 6.45) is 0. The van der Waals surface area contributed by atoms with E-state index in [2.05, 4.69) is 39.8 Å². The SMILES string of the molecule is CN=C(NCc1ccc(OC)c(F)c1)NCc1nc(C(C)C)cs1.I. The zero-order valence-corrected chi connectivity index (χ0v) is 17.9. The first-order valence-corrected chi connectivity index (χ1v) is 8.62. The number of nitrogens with zero attached hydrogens (tertiary/aromatic N) is 2. The Labute approximate surface area is 169 Å². The van der Waals surface area contributed by atoms with E-state index in [0.29, 0.717) is 25.0 Å². The molecule has 0 saturated carbocycles. The zero-order chi connectivity index (χ0) is 17.5. The summed E-state index contributed by atoms with van der Waals surface area (Å²) in [7, 11) is 3.15. The monoisotopic (exact) mass is 478 g/mol. The van der Waals surface area contributed by atoms with Crippen molar-refractivity contribution in [2.45, 2.75) is 32.9 Å². The van der Waals surface area contributed by atoms with Crippen LogP contribution < -0.4 is 15.4 Å². The quantitative estimate of drug-likeness (QED) is 0.376. The molecule has 0 fully saturated rings. The number of thiazole rings is 1. The number of halogens is 2. The molecule has 25 heavy (non-hydrogen) atoms. The number of ether oxygens (including phenoxy) is 1. The summed E-state index contributed by atoms with van der Waals surface area (Å²) in [5.74, 6) is 0.944. The van der Waals surface area contributed by atoms with E-state index >= 15 is 0 Å². The smallest absolute Gasteiger partial charge is 0.191 e. The van der Waals surface area contributed by atoms with Gasteiger partial charge < -0.3 is 15.4 Å². The van der Waals surface area contributed by atoms with E-state index in [1.54, 1.807) is 24.5 Å². The molecule has 1 aromatic heterocycles. The third-order valence-electron chi connectivity index (χ3n) is 3.47. The second-order valence-electron chi connectivity index (χ2n) is 5.57. The van der Waals surface area contributed by atoms with E-state index in [9.17, 15) is 4.39 Å². The van der Waals surface area contributed by atoms with Gasteiger partial charge in [0, 0.05) is 19.0 Å². The zero-order valence-electron chi connectivity index (χ0n) is 14.8. The molecule has 0 aliphatic carbocycles. The number of aliphatic imine (C=N–C) groups is 1. The van der Waals surface area contributed by atoms with Gasteiger partial charge >= 0.3 is 0 Å². The third-order valence-corrected chi connectivity index (χ3v) is 4.33. The number of nitrogens with one attached hydrogen (secondary N) is 2. The topological polar surface area (TPSA) is 58.5 Å². The van der Waals surface area contributed by atoms with E-state index in [4.69, 9.17) is 4.74 Å². The molecule has 5 nitrogen and oxygen atoms in total. The number of methoxy groups -OCH3 is 1. The van der Waals surface area contributed by atoms with Crippen LogP contribution in [0.15, 0.2) is 28.6 Å². The maximum atomic E-state index is 13.7. The number of rotatable bonds is 6. The molecule has 0 aliphatic rings. The lowest BCUT2D eigenvalue weighted by atomic mass is 10.2. The molecule has 2 N–H and O–H groups in total. The highest BCUT2D eigenvalue weighted by Gasteiger charge is 2.07. The van der Waals surface area contributed by atoms with Crippen molar-refractivity contribution in [3.05, 3.63) is 45.7 Å². The summed E-state index contributed by atoms with van der Waals surface area (Å²) < 4.78 is 18.6. The summed E-state index contributed by atoms with van der Waals surface area (Å²) in [5.41, 5.74) is 1.92. The second-order valence-corrected chi connectivity index (χ2v) is 6.51. The first-order valence-electron chi connectivity index (χ1n) is 7.74. The Morgan fingerprint density at radius 3 is 2.60 bits per heavy atom. The summed E-state index contributed by atoms with van der Waals surface area (Å²) in [6, 6.07) is 4.89. The molecule has 2 aromatic rings. The van der Waals surface area contributed by atoms with Crippen molar-refractivity contribution in [2.24, 2.45) is 4.99 Å². The molecule has 0 unspecified atom stereocenters. The minimum absolute atomic E-state index is 0. The summed E-state index contributed by atoms with van der Waals surface area (Å²) in [4.78, 5) is 8.74. The van der Waals surface area contributed by atoms with E-state index in [1.165, 1.54) is 13.2 Å². The lowest BCUT2D eigenvalue weighted by molar-refractivity contribution is 0.386. The van der Waals surface area contributed by atoms with Crippen LogP contribution in [0.1, 0.15) is 36.0 Å². The fraction of sp³-hybridized carbons (Fsp3) is 0.412. The number of benzene rings is 1. The molecule has 0 atom stereocenters. The molecule has 0 spiro atoms. The van der Waals surface area contributed by atoms with E-state index in [0.717, 1.165) is 16.3 Å². The number of hydrogen-bond donors (Lipinski definition) is 2. The van der Waals surface area contributed by atoms with Crippen LogP contribution in [0.3, 0.4) is 0 Å². The Bertz CT molecular complexity index is 706. The average molecular weight is 478 g/mol. The lowest BCUT2D eigenvalue weighted by Crippen LogP contribution is -2.36. The maximum absolute atomic E-state index is 13.7. The molecule has 8 heteroatoms. The van der Waals surface area contributed by atoms with Crippen LogP contribution in [0.5, 0.6) is 5.75 Å². The van der Waals surface area contributed by atoms with Crippen LogP contribution in [0, 0.1) is 5.82 Å². The molecule has 138 valence electrons. The van der Waals surface area contributed by atoms with E-state index in [-0.39, 0.29) is 35.5 Å². The van der Waals surface area contributed by atoms with Crippen molar-refractivity contribution in [2.75, 3.05) is 14.2 Å². The van der Waals surface area contributed by atoms with Crippen molar-refractivity contribution >= 4 is 41.3 Å². The minimum atomic E-state index is -0.372. The molecule has 0 radical (unpaired) electrons. The normalized spacial score (nSPS) is 11.2. The summed E-state index contributed by atoms with van der Waals surface area (Å²) in [6.45, 7) is 5.32. The van der Waals surface area contributed by atoms with Gasteiger partial charge in [-0.2, -0.15) is 0 Å². The van der Waals surface area contributed by atoms with Gasteiger partial charge in [-0.3, -0.25) is 4.99 Å². The van der Waals surface area contributed by atoms with E-state index < -0.39 is 0 Å². The standard InChI is InChI=1S/C17H23FN4OS.HI/c1-11(2)14-10-24-16(22-14)9-21-17(19-3)20-8-12-5-6-15(23-4)13(18)7-12;/h5-7,10-11H,8-9H2,1-4H3,(H2,19,20,21);1H. The minimum Gasteiger partial charge on any atom is -0.494 e. The Kier molecular flexibility index (Phi) is 9.12. The van der Waals surface area contributed by atoms with Gasteiger partial charge in [-0.1, -0.05) is 19.9 Å². The molecule has 0 aliphatic heterocycles. The van der Waals surface area contributed by atoms with Gasteiger partial charge in [0.2, 0.25) is 0 Å². The van der Waals surface area contributed by atoms with Crippen LogP contribution in [0.4, 0.5) is 4.39 Å². The van der Waals surface area contributed by atoms with Crippen LogP contribution in [0.25, 0.3) is 0 Å². The van der Waals surface area contributed by atoms with Crippen molar-refractivity contribution in [1.29, 1.82) is 0 Å². The molecular formula is C17H24FIN4OS. The van der Waals surface area contributed by atoms with Gasteiger partial charge in [-0.25, -0.2) is 9.37 Å². The van der Waals surface area contributed by atoms with Gasteiger partial charge in [0.15, 0.2) is 17.5 Å². The largest absolute Gasteiger partial charge is 0.494 e. The summed E-state index contributed by atoms with van der Waals surface area (Å²) >= 11 is 1.63. The van der Waals surface area contributed by atoms with Crippen LogP contribution in [0.2, 0.25) is 0 Å². The van der Waals surface area contributed by atoms with Gasteiger partial charge in [-0.05, 0) is 23.6 Å². The average Bonchev–Trinajstić information content (AvgIpc) is 3.04. The van der Waals surface area contributed by atoms with Gasteiger partial charge in [0.1, 0.15) is 5.01 Å². The van der Waals surface area contributed by atoms with Crippen LogP contribution >= 0.6 is 35.3 Å². The van der Waals surface area contributed by atoms with Gasteiger partial charge in [0.05, 0.1) is 19.3 Å². The highest BCUT2D eigenvalue weighted by molar-refractivity contribution is 14.0. The predicted octanol–water partition coefficient (Wildman–Crippen LogP) is 3.90. The first-order chi connectivity index (χ1) is 11.5. The Hall–Kier alpha value is -1.42. The second kappa shape index (κ2) is 10.5. The molecule has 1 heterocycles. The highest BCUT2D eigenvalue weighted by atomic mass is 127. The molecule has 0 bridgehead atoms. The van der Waals surface area contributed by atoms with Gasteiger partial charge in [-0.15, -0.1) is 35.3 Å². The molecule has 2 rings (SSSR count). The number of hydrogen-bond acceptors (Lipinski definition) is 4. The molecule has 1 aromatic carbocycles. The van der Waals surface area contributed by atoms with Crippen molar-refractivity contribution in [3.63, 3.8) is 0 Å². The summed E-state index contributed by atoms with van der Waals surface area (Å²) in [5, 5.41) is 9.46. The maximum Gasteiger partial charge on any atom is 0.191 e. The van der Waals surface area contributed by atoms with Crippen LogP contribution in [-0.2, 0) is 13.1 Å². The fourth-order valence-electron chi connectivity index (χ4n) is 2.06. The predicted molar refractivity (Wildman–Crippen MR) is 112 cm³/mol. The van der Waals surface area contributed by atoms with Crippen molar-refractivity contribution in [1.82, 2.24) is 15.6 Å². The number of aromatic nitrogens is 1. The number of guanidine groups is 1. The lowest BCUT2D eigenvalue weighted by Gasteiger charge is -2.11. The van der Waals surface area contributed by atoms with E-state index in [1.807, 2.05) is 6.07 Å². The Balaban J connectivity index is 0.00000312. The van der Waals surface area contributed by atoms with Crippen molar-refractivity contribution < 1.29 is 9.13 Å². The highest BCUT2D eigenvalue weighted by Crippen LogP contribution is 2.18. The molecule has 0 amide bonds. The first kappa shape index (κ1) is 21.6. The Morgan fingerprint density at radius 1 is 1.32 bits per heavy atom. The third kappa shape index (κ3) is 6.43. The molecule has 0 saturated heterocycles. The Morgan fingerprint density at radius 2 is 2.04 bits per heavy atom. The fourth-order valence-corrected chi connectivity index (χ4v) is 2.95. The molecular weight excluding hydrogens is 454 g/mol. The van der Waals surface area contributed by atoms with Crippen LogP contribution in [-0.4, -0.2) is 25.1 Å². The van der Waals surface area contributed by atoms with Gasteiger partial charge in [0.25, 0.3) is 0 Å². The van der Waals surface area contributed by atoms with Crippen molar-refractivity contribution in [3.8, 4) is 5.75 Å².